The SMILES string of the molecule is CC1CC(C)CC(O)(C2(CO)CNC2)C1. The Kier molecular flexibility index (Phi) is 2.82. The Hall–Kier alpha value is -0.120. The van der Waals surface area contributed by atoms with Crippen LogP contribution in [0.1, 0.15) is 33.1 Å². The molecule has 3 N–H and O–H groups in total. The normalized spacial score (nSPS) is 44.8. The van der Waals surface area contributed by atoms with Gasteiger partial charge in [0.05, 0.1) is 12.2 Å². The van der Waals surface area contributed by atoms with Crippen molar-refractivity contribution in [1.82, 2.24) is 5.32 Å². The maximum atomic E-state index is 10.8. The fourth-order valence-corrected chi connectivity index (χ4v) is 3.54. The summed E-state index contributed by atoms with van der Waals surface area (Å²) < 4.78 is 0. The van der Waals surface area contributed by atoms with Crippen molar-refractivity contribution in [3.8, 4) is 0 Å². The zero-order valence-electron chi connectivity index (χ0n) is 9.79. The number of nitrogens with one attached hydrogen (secondary N) is 1. The molecule has 0 aromatic carbocycles. The van der Waals surface area contributed by atoms with Crippen LogP contribution in [0.25, 0.3) is 0 Å². The van der Waals surface area contributed by atoms with Gasteiger partial charge in [0.1, 0.15) is 0 Å². The maximum Gasteiger partial charge on any atom is 0.0755 e. The van der Waals surface area contributed by atoms with E-state index in [1.54, 1.807) is 0 Å². The Balaban J connectivity index is 2.16. The summed E-state index contributed by atoms with van der Waals surface area (Å²) in [5.74, 6) is 1.14. The van der Waals surface area contributed by atoms with Crippen LogP contribution in [0.4, 0.5) is 0 Å². The number of aliphatic hydroxyl groups excluding tert-OH is 1. The molecule has 2 aliphatic rings. The molecule has 3 nitrogen and oxygen atoms in total. The van der Waals surface area contributed by atoms with Gasteiger partial charge in [0, 0.05) is 18.5 Å². The quantitative estimate of drug-likeness (QED) is 0.634. The van der Waals surface area contributed by atoms with E-state index in [-0.39, 0.29) is 12.0 Å². The zero-order chi connectivity index (χ0) is 11.1. The second-order valence-electron chi connectivity index (χ2n) is 5.93. The summed E-state index contributed by atoms with van der Waals surface area (Å²) in [5, 5.41) is 23.5. The molecule has 2 rings (SSSR count). The first-order valence-electron chi connectivity index (χ1n) is 6.05. The number of rotatable bonds is 2. The highest BCUT2D eigenvalue weighted by Crippen LogP contribution is 2.48. The summed E-state index contributed by atoms with van der Waals surface area (Å²) in [7, 11) is 0. The van der Waals surface area contributed by atoms with E-state index >= 15 is 0 Å². The van der Waals surface area contributed by atoms with E-state index in [0.29, 0.717) is 11.8 Å². The Morgan fingerprint density at radius 1 is 1.20 bits per heavy atom. The van der Waals surface area contributed by atoms with Gasteiger partial charge in [0.25, 0.3) is 0 Å². The zero-order valence-corrected chi connectivity index (χ0v) is 9.79. The Morgan fingerprint density at radius 3 is 2.07 bits per heavy atom. The van der Waals surface area contributed by atoms with Gasteiger partial charge in [-0.2, -0.15) is 0 Å². The van der Waals surface area contributed by atoms with Crippen molar-refractivity contribution in [3.63, 3.8) is 0 Å². The lowest BCUT2D eigenvalue weighted by Crippen LogP contribution is -2.69. The molecule has 15 heavy (non-hydrogen) atoms. The van der Waals surface area contributed by atoms with Gasteiger partial charge in [-0.15, -0.1) is 0 Å². The lowest BCUT2D eigenvalue weighted by Gasteiger charge is -2.56. The van der Waals surface area contributed by atoms with Gasteiger partial charge in [0.2, 0.25) is 0 Å². The van der Waals surface area contributed by atoms with Gasteiger partial charge in [0.15, 0.2) is 0 Å². The minimum atomic E-state index is -0.649. The molecule has 2 fully saturated rings. The van der Waals surface area contributed by atoms with Gasteiger partial charge in [-0.1, -0.05) is 13.8 Å². The molecule has 2 unspecified atom stereocenters. The Bertz CT molecular complexity index is 222. The number of hydrogen-bond acceptors (Lipinski definition) is 3. The van der Waals surface area contributed by atoms with Crippen molar-refractivity contribution in [2.24, 2.45) is 17.3 Å². The third kappa shape index (κ3) is 1.71. The molecular formula is C12H23NO2. The minimum Gasteiger partial charge on any atom is -0.396 e. The lowest BCUT2D eigenvalue weighted by molar-refractivity contribution is -0.169. The van der Waals surface area contributed by atoms with Crippen molar-refractivity contribution < 1.29 is 10.2 Å². The standard InChI is InChI=1S/C12H23NO2/c1-9-3-10(2)5-12(15,4-9)11(8-14)6-13-7-11/h9-10,13-15H,3-8H2,1-2H3. The average molecular weight is 213 g/mol. The van der Waals surface area contributed by atoms with Gasteiger partial charge in [-0.25, -0.2) is 0 Å². The molecule has 0 radical (unpaired) electrons. The van der Waals surface area contributed by atoms with Crippen LogP contribution in [0.2, 0.25) is 0 Å². The smallest absolute Gasteiger partial charge is 0.0755 e. The first kappa shape index (κ1) is 11.4. The van der Waals surface area contributed by atoms with E-state index in [1.165, 1.54) is 6.42 Å². The Morgan fingerprint density at radius 2 is 1.73 bits per heavy atom. The van der Waals surface area contributed by atoms with Crippen LogP contribution < -0.4 is 5.32 Å². The molecule has 1 heterocycles. The molecule has 1 aliphatic carbocycles. The molecule has 88 valence electrons. The van der Waals surface area contributed by atoms with E-state index in [2.05, 4.69) is 19.2 Å². The second-order valence-corrected chi connectivity index (χ2v) is 5.93. The van der Waals surface area contributed by atoms with Gasteiger partial charge >= 0.3 is 0 Å². The summed E-state index contributed by atoms with van der Waals surface area (Å²) in [6.07, 6.45) is 2.90. The first-order valence-corrected chi connectivity index (χ1v) is 6.05. The number of aliphatic hydroxyl groups is 2. The van der Waals surface area contributed by atoms with E-state index in [0.717, 1.165) is 25.9 Å². The fraction of sp³-hybridized carbons (Fsp3) is 1.00. The van der Waals surface area contributed by atoms with Crippen LogP contribution in [0, 0.1) is 17.3 Å². The first-order chi connectivity index (χ1) is 7.01. The van der Waals surface area contributed by atoms with Crippen molar-refractivity contribution >= 4 is 0 Å². The van der Waals surface area contributed by atoms with E-state index in [4.69, 9.17) is 0 Å². The molecule has 1 saturated heterocycles. The topological polar surface area (TPSA) is 52.5 Å². The summed E-state index contributed by atoms with van der Waals surface area (Å²) in [6, 6.07) is 0. The molecule has 1 saturated carbocycles. The van der Waals surface area contributed by atoms with Crippen LogP contribution in [0.3, 0.4) is 0 Å². The maximum absolute atomic E-state index is 10.8. The average Bonchev–Trinajstić information content (AvgIpc) is 1.98. The van der Waals surface area contributed by atoms with Crippen LogP contribution >= 0.6 is 0 Å². The van der Waals surface area contributed by atoms with Gasteiger partial charge in [-0.3, -0.25) is 0 Å². The van der Waals surface area contributed by atoms with Crippen LogP contribution in [0.15, 0.2) is 0 Å². The summed E-state index contributed by atoms with van der Waals surface area (Å²) in [5.41, 5.74) is -0.917. The third-order valence-electron chi connectivity index (χ3n) is 4.39. The van der Waals surface area contributed by atoms with Crippen LogP contribution in [-0.2, 0) is 0 Å². The molecule has 3 heteroatoms. The molecule has 0 spiro atoms. The van der Waals surface area contributed by atoms with E-state index < -0.39 is 5.60 Å². The van der Waals surface area contributed by atoms with Crippen LogP contribution in [0.5, 0.6) is 0 Å². The highest BCUT2D eigenvalue weighted by molar-refractivity contribution is 5.09. The molecule has 2 atom stereocenters. The Labute approximate surface area is 91.9 Å². The predicted molar refractivity (Wildman–Crippen MR) is 59.5 cm³/mol. The largest absolute Gasteiger partial charge is 0.396 e. The molecular weight excluding hydrogens is 190 g/mol. The summed E-state index contributed by atoms with van der Waals surface area (Å²) in [6.45, 7) is 6.05. The minimum absolute atomic E-state index is 0.107. The molecule has 0 aromatic rings. The lowest BCUT2D eigenvalue weighted by atomic mass is 9.58. The van der Waals surface area contributed by atoms with Crippen molar-refractivity contribution in [1.29, 1.82) is 0 Å². The van der Waals surface area contributed by atoms with Gasteiger partial charge in [-0.05, 0) is 31.1 Å². The predicted octanol–water partition coefficient (Wildman–Crippen LogP) is 0.755. The van der Waals surface area contributed by atoms with Gasteiger partial charge < -0.3 is 15.5 Å². The highest BCUT2D eigenvalue weighted by Gasteiger charge is 2.55. The second kappa shape index (κ2) is 3.72. The summed E-state index contributed by atoms with van der Waals surface area (Å²) in [4.78, 5) is 0. The molecule has 0 amide bonds. The molecule has 1 aliphatic heterocycles. The molecule has 0 aromatic heterocycles. The van der Waals surface area contributed by atoms with Crippen molar-refractivity contribution in [2.75, 3.05) is 19.7 Å². The number of hydrogen-bond donors (Lipinski definition) is 3. The third-order valence-corrected chi connectivity index (χ3v) is 4.39. The van der Waals surface area contributed by atoms with E-state index in [1.807, 2.05) is 0 Å². The van der Waals surface area contributed by atoms with Crippen LogP contribution in [-0.4, -0.2) is 35.5 Å². The fourth-order valence-electron chi connectivity index (χ4n) is 3.54. The van der Waals surface area contributed by atoms with E-state index in [9.17, 15) is 10.2 Å². The summed E-state index contributed by atoms with van der Waals surface area (Å²) >= 11 is 0. The molecule has 0 bridgehead atoms. The monoisotopic (exact) mass is 213 g/mol. The van der Waals surface area contributed by atoms with Crippen molar-refractivity contribution in [3.05, 3.63) is 0 Å². The highest BCUT2D eigenvalue weighted by atomic mass is 16.3. The van der Waals surface area contributed by atoms with Crippen molar-refractivity contribution in [2.45, 2.75) is 38.7 Å².